The summed E-state index contributed by atoms with van der Waals surface area (Å²) in [6.45, 7) is 0.559. The van der Waals surface area contributed by atoms with Gasteiger partial charge in [-0.3, -0.25) is 0 Å². The van der Waals surface area contributed by atoms with Gasteiger partial charge in [-0.1, -0.05) is 0 Å². The van der Waals surface area contributed by atoms with Crippen molar-refractivity contribution in [2.24, 2.45) is 0 Å². The van der Waals surface area contributed by atoms with Gasteiger partial charge in [0.05, 0.1) is 0 Å². The molecule has 1 aliphatic rings. The summed E-state index contributed by atoms with van der Waals surface area (Å²) in [4.78, 5) is -1.10. The second kappa shape index (κ2) is 4.59. The SMILES string of the molecule is O=S(=O)(c1cc2c(cc1O)CCCCN2)C(F)(F)F. The summed E-state index contributed by atoms with van der Waals surface area (Å²) in [6, 6.07) is 1.95. The monoisotopic (exact) mass is 295 g/mol. The number of anilines is 1. The Labute approximate surface area is 108 Å². The molecular weight excluding hydrogens is 283 g/mol. The maximum Gasteiger partial charge on any atom is 0.502 e. The predicted molar refractivity (Wildman–Crippen MR) is 62.8 cm³/mol. The molecular formula is C11H12F3NO3S. The highest BCUT2D eigenvalue weighted by atomic mass is 32.2. The Hall–Kier alpha value is -1.44. The van der Waals surface area contributed by atoms with Crippen LogP contribution in [-0.4, -0.2) is 25.6 Å². The topological polar surface area (TPSA) is 66.4 Å². The molecule has 8 heteroatoms. The Balaban J connectivity index is 2.58. The Morgan fingerprint density at radius 3 is 2.53 bits per heavy atom. The lowest BCUT2D eigenvalue weighted by atomic mass is 10.1. The van der Waals surface area contributed by atoms with E-state index in [0.29, 0.717) is 24.2 Å². The molecule has 0 spiro atoms. The summed E-state index contributed by atoms with van der Waals surface area (Å²) in [5, 5.41) is 12.4. The van der Waals surface area contributed by atoms with E-state index in [1.165, 1.54) is 0 Å². The Morgan fingerprint density at radius 2 is 1.89 bits per heavy atom. The lowest BCUT2D eigenvalue weighted by Crippen LogP contribution is -2.23. The van der Waals surface area contributed by atoms with Crippen LogP contribution in [0.15, 0.2) is 17.0 Å². The largest absolute Gasteiger partial charge is 0.507 e. The van der Waals surface area contributed by atoms with Crippen molar-refractivity contribution in [1.82, 2.24) is 0 Å². The number of hydrogen-bond acceptors (Lipinski definition) is 4. The molecule has 1 aliphatic heterocycles. The molecule has 0 radical (unpaired) electrons. The lowest BCUT2D eigenvalue weighted by molar-refractivity contribution is -0.0437. The van der Waals surface area contributed by atoms with Gasteiger partial charge in [0, 0.05) is 12.2 Å². The van der Waals surface area contributed by atoms with Gasteiger partial charge in [0.2, 0.25) is 0 Å². The van der Waals surface area contributed by atoms with Crippen molar-refractivity contribution in [2.45, 2.75) is 29.7 Å². The van der Waals surface area contributed by atoms with Crippen molar-refractivity contribution in [2.75, 3.05) is 11.9 Å². The molecule has 0 atom stereocenters. The third kappa shape index (κ3) is 2.49. The number of hydrogen-bond donors (Lipinski definition) is 2. The molecule has 0 bridgehead atoms. The molecule has 0 saturated heterocycles. The number of nitrogens with one attached hydrogen (secondary N) is 1. The third-order valence-electron chi connectivity index (χ3n) is 2.97. The Bertz CT molecular complexity index is 596. The molecule has 0 unspecified atom stereocenters. The minimum atomic E-state index is -5.54. The van der Waals surface area contributed by atoms with Crippen molar-refractivity contribution in [3.05, 3.63) is 17.7 Å². The Morgan fingerprint density at radius 1 is 1.21 bits per heavy atom. The van der Waals surface area contributed by atoms with E-state index in [1.54, 1.807) is 0 Å². The number of benzene rings is 1. The molecule has 1 aromatic carbocycles. The van der Waals surface area contributed by atoms with Gasteiger partial charge < -0.3 is 10.4 Å². The highest BCUT2D eigenvalue weighted by molar-refractivity contribution is 7.92. The zero-order chi connectivity index (χ0) is 14.3. The first-order valence-electron chi connectivity index (χ1n) is 5.64. The minimum absolute atomic E-state index is 0.332. The second-order valence-electron chi connectivity index (χ2n) is 4.31. The van der Waals surface area contributed by atoms with Crippen molar-refractivity contribution < 1.29 is 26.7 Å². The van der Waals surface area contributed by atoms with Gasteiger partial charge in [-0.05, 0) is 37.0 Å². The van der Waals surface area contributed by atoms with E-state index < -0.39 is 26.0 Å². The van der Waals surface area contributed by atoms with Crippen molar-refractivity contribution >= 4 is 15.5 Å². The summed E-state index contributed by atoms with van der Waals surface area (Å²) in [6.07, 6.45) is 2.24. The zero-order valence-electron chi connectivity index (χ0n) is 9.79. The number of phenolic OH excluding ortho intramolecular Hbond substituents is 1. The van der Waals surface area contributed by atoms with Gasteiger partial charge in [0.1, 0.15) is 10.6 Å². The van der Waals surface area contributed by atoms with E-state index in [1.807, 2.05) is 0 Å². The fourth-order valence-electron chi connectivity index (χ4n) is 1.99. The number of fused-ring (bicyclic) bond motifs is 1. The van der Waals surface area contributed by atoms with Gasteiger partial charge in [-0.15, -0.1) is 0 Å². The van der Waals surface area contributed by atoms with Gasteiger partial charge in [-0.2, -0.15) is 13.2 Å². The van der Waals surface area contributed by atoms with Crippen LogP contribution in [0.1, 0.15) is 18.4 Å². The molecule has 1 heterocycles. The highest BCUT2D eigenvalue weighted by Crippen LogP contribution is 2.38. The van der Waals surface area contributed by atoms with Crippen molar-refractivity contribution in [1.29, 1.82) is 0 Å². The normalized spacial score (nSPS) is 16.4. The number of phenols is 1. The summed E-state index contributed by atoms with van der Waals surface area (Å²) < 4.78 is 60.1. The third-order valence-corrected chi connectivity index (χ3v) is 4.48. The van der Waals surface area contributed by atoms with Crippen LogP contribution < -0.4 is 5.32 Å². The molecule has 2 rings (SSSR count). The predicted octanol–water partition coefficient (Wildman–Crippen LogP) is 2.43. The number of aromatic hydroxyl groups is 1. The molecule has 2 N–H and O–H groups in total. The van der Waals surface area contributed by atoms with Crippen LogP contribution >= 0.6 is 0 Å². The first kappa shape index (κ1) is 14.0. The molecule has 0 fully saturated rings. The van der Waals surface area contributed by atoms with E-state index in [4.69, 9.17) is 0 Å². The summed E-state index contributed by atoms with van der Waals surface area (Å²) in [5.74, 6) is -0.861. The van der Waals surface area contributed by atoms with E-state index >= 15 is 0 Å². The van der Waals surface area contributed by atoms with Gasteiger partial charge >= 0.3 is 5.51 Å². The van der Waals surface area contributed by atoms with Crippen LogP contribution in [0.25, 0.3) is 0 Å². The van der Waals surface area contributed by atoms with E-state index in [-0.39, 0.29) is 0 Å². The van der Waals surface area contributed by atoms with Crippen molar-refractivity contribution in [3.63, 3.8) is 0 Å². The van der Waals surface area contributed by atoms with Crippen LogP contribution in [0, 0.1) is 0 Å². The van der Waals surface area contributed by atoms with E-state index in [2.05, 4.69) is 5.32 Å². The zero-order valence-corrected chi connectivity index (χ0v) is 10.6. The average Bonchev–Trinajstić information content (AvgIpc) is 2.50. The summed E-state index contributed by atoms with van der Waals surface area (Å²) >= 11 is 0. The molecule has 0 amide bonds. The molecule has 1 aromatic rings. The number of rotatable bonds is 1. The molecule has 106 valence electrons. The lowest BCUT2D eigenvalue weighted by Gasteiger charge is -2.14. The number of aryl methyl sites for hydroxylation is 1. The summed E-state index contributed by atoms with van der Waals surface area (Å²) in [7, 11) is -5.54. The minimum Gasteiger partial charge on any atom is -0.507 e. The number of sulfone groups is 1. The first-order valence-corrected chi connectivity index (χ1v) is 7.13. The van der Waals surface area contributed by atoms with Crippen molar-refractivity contribution in [3.8, 4) is 5.75 Å². The van der Waals surface area contributed by atoms with Crippen LogP contribution in [0.4, 0.5) is 18.9 Å². The first-order chi connectivity index (χ1) is 8.73. The van der Waals surface area contributed by atoms with E-state index in [9.17, 15) is 26.7 Å². The number of halogens is 3. The molecule has 19 heavy (non-hydrogen) atoms. The Kier molecular flexibility index (Phi) is 3.38. The van der Waals surface area contributed by atoms with Crippen LogP contribution in [0.2, 0.25) is 0 Å². The quantitative estimate of drug-likeness (QED) is 0.781. The average molecular weight is 295 g/mol. The van der Waals surface area contributed by atoms with Gasteiger partial charge in [0.15, 0.2) is 0 Å². The molecule has 0 aromatic heterocycles. The smallest absolute Gasteiger partial charge is 0.502 e. The molecule has 0 aliphatic carbocycles. The standard InChI is InChI=1S/C11H12F3NO3S/c12-11(13,14)19(17,18)10-6-8-7(5-9(10)16)3-1-2-4-15-8/h5-6,15-16H,1-4H2. The van der Waals surface area contributed by atoms with Crippen LogP contribution in [0.5, 0.6) is 5.75 Å². The maximum absolute atomic E-state index is 12.5. The highest BCUT2D eigenvalue weighted by Gasteiger charge is 2.48. The van der Waals surface area contributed by atoms with Gasteiger partial charge in [-0.25, -0.2) is 8.42 Å². The molecule has 0 saturated carbocycles. The maximum atomic E-state index is 12.5. The molecule has 4 nitrogen and oxygen atoms in total. The summed E-state index contributed by atoms with van der Waals surface area (Å²) in [5.41, 5.74) is -4.47. The fourth-order valence-corrected chi connectivity index (χ4v) is 2.84. The second-order valence-corrected chi connectivity index (χ2v) is 6.22. The van der Waals surface area contributed by atoms with Crippen LogP contribution in [0.3, 0.4) is 0 Å². The van der Waals surface area contributed by atoms with Crippen LogP contribution in [-0.2, 0) is 16.3 Å². The fraction of sp³-hybridized carbons (Fsp3) is 0.455. The number of alkyl halides is 3. The van der Waals surface area contributed by atoms with Gasteiger partial charge in [0.25, 0.3) is 9.84 Å². The van der Waals surface area contributed by atoms with E-state index in [0.717, 1.165) is 25.0 Å².